The van der Waals surface area contributed by atoms with Crippen molar-refractivity contribution in [3.05, 3.63) is 22.4 Å². The predicted molar refractivity (Wildman–Crippen MR) is 68.3 cm³/mol. The van der Waals surface area contributed by atoms with E-state index < -0.39 is 5.79 Å². The molecule has 18 heavy (non-hydrogen) atoms. The Morgan fingerprint density at radius 3 is 2.89 bits per heavy atom. The number of likely N-dealkylation sites (tertiary alicyclic amines) is 1. The van der Waals surface area contributed by atoms with Gasteiger partial charge in [0, 0.05) is 23.6 Å². The minimum Gasteiger partial charge on any atom is -0.356 e. The number of nitrogens with one attached hydrogen (secondary N) is 1. The van der Waals surface area contributed by atoms with Crippen LogP contribution < -0.4 is 0 Å². The van der Waals surface area contributed by atoms with E-state index in [2.05, 4.69) is 20.9 Å². The molecule has 2 fully saturated rings. The number of piperidine rings is 1. The molecule has 1 aromatic rings. The second-order valence-electron chi connectivity index (χ2n) is 4.67. The Morgan fingerprint density at radius 2 is 2.22 bits per heavy atom. The molecule has 2 aliphatic heterocycles. The van der Waals surface area contributed by atoms with E-state index in [1.807, 2.05) is 0 Å². The summed E-state index contributed by atoms with van der Waals surface area (Å²) in [5, 5.41) is 0. The molecule has 1 aromatic heterocycles. The molecular formula is C12H15BrN2O3. The van der Waals surface area contributed by atoms with Gasteiger partial charge in [-0.05, 0) is 28.4 Å². The molecule has 6 heteroatoms. The van der Waals surface area contributed by atoms with Gasteiger partial charge in [0.15, 0.2) is 5.79 Å². The van der Waals surface area contributed by atoms with Crippen molar-refractivity contribution in [1.29, 1.82) is 0 Å². The molecule has 2 aliphatic rings. The van der Waals surface area contributed by atoms with Crippen molar-refractivity contribution in [2.75, 3.05) is 26.3 Å². The van der Waals surface area contributed by atoms with Gasteiger partial charge in [-0.15, -0.1) is 0 Å². The van der Waals surface area contributed by atoms with Crippen molar-refractivity contribution < 1.29 is 14.3 Å². The molecule has 1 N–H and O–H groups in total. The molecule has 3 heterocycles. The Bertz CT molecular complexity index is 454. The normalized spacial score (nSPS) is 22.6. The minimum absolute atomic E-state index is 0.00104. The second kappa shape index (κ2) is 4.68. The highest BCUT2D eigenvalue weighted by atomic mass is 79.9. The first-order valence-electron chi connectivity index (χ1n) is 6.10. The molecule has 2 saturated heterocycles. The van der Waals surface area contributed by atoms with E-state index in [1.165, 1.54) is 0 Å². The maximum atomic E-state index is 12.3. The lowest BCUT2D eigenvalue weighted by Crippen LogP contribution is -2.51. The van der Waals surface area contributed by atoms with Crippen LogP contribution in [-0.2, 0) is 9.47 Å². The fraction of sp³-hybridized carbons (Fsp3) is 0.583. The maximum Gasteiger partial charge on any atom is 0.270 e. The Labute approximate surface area is 114 Å². The summed E-state index contributed by atoms with van der Waals surface area (Å²) >= 11 is 3.33. The van der Waals surface area contributed by atoms with E-state index in [1.54, 1.807) is 17.2 Å². The molecule has 0 radical (unpaired) electrons. The van der Waals surface area contributed by atoms with Crippen molar-refractivity contribution in [1.82, 2.24) is 9.88 Å². The Balaban J connectivity index is 1.74. The van der Waals surface area contributed by atoms with E-state index >= 15 is 0 Å². The van der Waals surface area contributed by atoms with Crippen molar-refractivity contribution in [3.8, 4) is 0 Å². The maximum absolute atomic E-state index is 12.3. The number of rotatable bonds is 1. The molecule has 0 bridgehead atoms. The Kier molecular flexibility index (Phi) is 3.17. The van der Waals surface area contributed by atoms with Gasteiger partial charge in [0.1, 0.15) is 5.69 Å². The lowest BCUT2D eigenvalue weighted by atomic mass is 10.0. The molecule has 5 nitrogen and oxygen atoms in total. The summed E-state index contributed by atoms with van der Waals surface area (Å²) in [5.74, 6) is -0.559. The van der Waals surface area contributed by atoms with Gasteiger partial charge in [-0.1, -0.05) is 0 Å². The first-order chi connectivity index (χ1) is 8.69. The third-order valence-electron chi connectivity index (χ3n) is 3.40. The largest absolute Gasteiger partial charge is 0.356 e. The van der Waals surface area contributed by atoms with Crippen LogP contribution in [0.5, 0.6) is 0 Å². The van der Waals surface area contributed by atoms with Crippen LogP contribution in [0.3, 0.4) is 0 Å². The van der Waals surface area contributed by atoms with E-state index in [-0.39, 0.29) is 5.91 Å². The van der Waals surface area contributed by atoms with Gasteiger partial charge in [0.25, 0.3) is 5.91 Å². The lowest BCUT2D eigenvalue weighted by Gasteiger charge is -2.38. The number of amides is 1. The molecule has 1 spiro atoms. The van der Waals surface area contributed by atoms with E-state index in [0.29, 0.717) is 25.5 Å². The van der Waals surface area contributed by atoms with Gasteiger partial charge >= 0.3 is 0 Å². The molecule has 0 aliphatic carbocycles. The first kappa shape index (κ1) is 12.2. The number of carbonyl (C=O) groups excluding carboxylic acids is 1. The van der Waals surface area contributed by atoms with Crippen molar-refractivity contribution >= 4 is 21.8 Å². The summed E-state index contributed by atoms with van der Waals surface area (Å²) in [4.78, 5) is 17.1. The standard InChI is InChI=1S/C12H15BrN2O3/c13-9-6-10(14-7-9)11(16)15-3-1-2-12(8-15)17-4-5-18-12/h6-7,14H,1-5,8H2. The molecule has 0 aromatic carbocycles. The monoisotopic (exact) mass is 314 g/mol. The molecule has 0 saturated carbocycles. The highest BCUT2D eigenvalue weighted by Crippen LogP contribution is 2.30. The molecular weight excluding hydrogens is 300 g/mol. The SMILES string of the molecule is O=C(c1cc(Br)c[nH]1)N1CCCC2(C1)OCCO2. The van der Waals surface area contributed by atoms with Crippen LogP contribution in [0.1, 0.15) is 23.3 Å². The smallest absolute Gasteiger partial charge is 0.270 e. The topological polar surface area (TPSA) is 54.6 Å². The summed E-state index contributed by atoms with van der Waals surface area (Å²) in [6.07, 6.45) is 3.54. The van der Waals surface area contributed by atoms with Gasteiger partial charge in [-0.3, -0.25) is 4.79 Å². The molecule has 0 atom stereocenters. The summed E-state index contributed by atoms with van der Waals surface area (Å²) in [6.45, 7) is 2.51. The quantitative estimate of drug-likeness (QED) is 0.859. The number of H-pyrrole nitrogens is 1. The summed E-state index contributed by atoms with van der Waals surface area (Å²) in [6, 6.07) is 1.79. The van der Waals surface area contributed by atoms with Crippen LogP contribution in [-0.4, -0.2) is 47.9 Å². The number of ether oxygens (including phenoxy) is 2. The molecule has 1 amide bonds. The van der Waals surface area contributed by atoms with Crippen LogP contribution >= 0.6 is 15.9 Å². The zero-order valence-corrected chi connectivity index (χ0v) is 11.5. The van der Waals surface area contributed by atoms with Crippen molar-refractivity contribution in [3.63, 3.8) is 0 Å². The van der Waals surface area contributed by atoms with Gasteiger partial charge in [-0.2, -0.15) is 0 Å². The third-order valence-corrected chi connectivity index (χ3v) is 3.85. The number of hydrogen-bond donors (Lipinski definition) is 1. The van der Waals surface area contributed by atoms with Crippen LogP contribution in [0.15, 0.2) is 16.7 Å². The van der Waals surface area contributed by atoms with Crippen molar-refractivity contribution in [2.45, 2.75) is 18.6 Å². The fourth-order valence-corrected chi connectivity index (χ4v) is 2.90. The summed E-state index contributed by atoms with van der Waals surface area (Å²) in [7, 11) is 0. The highest BCUT2D eigenvalue weighted by molar-refractivity contribution is 9.10. The predicted octanol–water partition coefficient (Wildman–Crippen LogP) is 1.76. The second-order valence-corrected chi connectivity index (χ2v) is 5.59. The first-order valence-corrected chi connectivity index (χ1v) is 6.89. The van der Waals surface area contributed by atoms with E-state index in [0.717, 1.165) is 23.9 Å². The fourth-order valence-electron chi connectivity index (χ4n) is 2.56. The van der Waals surface area contributed by atoms with Crippen LogP contribution in [0, 0.1) is 0 Å². The Morgan fingerprint density at radius 1 is 1.44 bits per heavy atom. The average Bonchev–Trinajstić information content (AvgIpc) is 2.98. The number of halogens is 1. The highest BCUT2D eigenvalue weighted by Gasteiger charge is 2.42. The van der Waals surface area contributed by atoms with Gasteiger partial charge < -0.3 is 19.4 Å². The molecule has 98 valence electrons. The Hall–Kier alpha value is -0.850. The van der Waals surface area contributed by atoms with Crippen molar-refractivity contribution in [2.24, 2.45) is 0 Å². The van der Waals surface area contributed by atoms with Gasteiger partial charge in [0.2, 0.25) is 0 Å². The van der Waals surface area contributed by atoms with Crippen LogP contribution in [0.25, 0.3) is 0 Å². The zero-order valence-electron chi connectivity index (χ0n) is 9.95. The minimum atomic E-state index is -0.558. The third kappa shape index (κ3) is 2.20. The summed E-state index contributed by atoms with van der Waals surface area (Å²) in [5.41, 5.74) is 0.594. The van der Waals surface area contributed by atoms with Gasteiger partial charge in [-0.25, -0.2) is 0 Å². The number of carbonyl (C=O) groups is 1. The lowest BCUT2D eigenvalue weighted by molar-refractivity contribution is -0.183. The average molecular weight is 315 g/mol. The molecule has 0 unspecified atom stereocenters. The van der Waals surface area contributed by atoms with E-state index in [4.69, 9.17) is 9.47 Å². The number of aromatic amines is 1. The van der Waals surface area contributed by atoms with Crippen LogP contribution in [0.4, 0.5) is 0 Å². The molecule has 3 rings (SSSR count). The number of hydrogen-bond acceptors (Lipinski definition) is 3. The number of aromatic nitrogens is 1. The van der Waals surface area contributed by atoms with Crippen LogP contribution in [0.2, 0.25) is 0 Å². The van der Waals surface area contributed by atoms with E-state index in [9.17, 15) is 4.79 Å². The number of nitrogens with zero attached hydrogens (tertiary/aromatic N) is 1. The summed E-state index contributed by atoms with van der Waals surface area (Å²) < 4.78 is 12.2. The zero-order chi connectivity index (χ0) is 12.6. The van der Waals surface area contributed by atoms with Gasteiger partial charge in [0.05, 0.1) is 19.8 Å².